The lowest BCUT2D eigenvalue weighted by atomic mass is 9.86. The Morgan fingerprint density at radius 3 is 1.24 bits per heavy atom. The number of alkyl halides is 1. The van der Waals surface area contributed by atoms with Crippen molar-refractivity contribution in [1.29, 1.82) is 0 Å². The van der Waals surface area contributed by atoms with Gasteiger partial charge < -0.3 is 9.13 Å². The molecule has 232 valence electrons. The fourth-order valence-electron chi connectivity index (χ4n) is 7.76. The van der Waals surface area contributed by atoms with E-state index in [4.69, 9.17) is 0 Å². The number of hydrogen-bond donors (Lipinski definition) is 0. The number of fused-ring (bicyclic) bond motifs is 6. The van der Waals surface area contributed by atoms with Crippen LogP contribution in [-0.4, -0.2) is 15.8 Å². The summed E-state index contributed by atoms with van der Waals surface area (Å²) in [5.41, 5.74) is 12.4. The summed E-state index contributed by atoms with van der Waals surface area (Å²) in [5, 5.41) is 4.68. The van der Waals surface area contributed by atoms with Gasteiger partial charge in [0.25, 0.3) is 0 Å². The molecule has 2 nitrogen and oxygen atoms in total. The summed E-state index contributed by atoms with van der Waals surface area (Å²) in [4.78, 5) is 0. The number of halogens is 1. The van der Waals surface area contributed by atoms with E-state index in [1.807, 2.05) is 6.07 Å². The average Bonchev–Trinajstić information content (AvgIpc) is 3.67. The predicted molar refractivity (Wildman–Crippen MR) is 204 cm³/mol. The van der Waals surface area contributed by atoms with E-state index >= 15 is 0 Å². The molecule has 0 aliphatic heterocycles. The van der Waals surface area contributed by atoms with Crippen molar-refractivity contribution in [2.45, 2.75) is 6.92 Å². The molecule has 0 N–H and O–H groups in total. The first-order valence-corrected chi connectivity index (χ1v) is 16.6. The molecular weight excluding hydrogens is 600 g/mol. The molecule has 0 saturated heterocycles. The maximum absolute atomic E-state index is 14.2. The summed E-state index contributed by atoms with van der Waals surface area (Å²) in [6.07, 6.45) is 0. The van der Waals surface area contributed by atoms with Crippen molar-refractivity contribution in [3.8, 4) is 45.5 Å². The Morgan fingerprint density at radius 2 is 0.816 bits per heavy atom. The monoisotopic (exact) mass is 630 g/mol. The zero-order chi connectivity index (χ0) is 32.9. The lowest BCUT2D eigenvalue weighted by Crippen LogP contribution is -2.10. The molecule has 0 spiro atoms. The minimum absolute atomic E-state index is 0.745. The van der Waals surface area contributed by atoms with Crippen LogP contribution in [0.1, 0.15) is 11.1 Å². The van der Waals surface area contributed by atoms with Crippen molar-refractivity contribution in [1.82, 2.24) is 9.13 Å². The van der Waals surface area contributed by atoms with Gasteiger partial charge in [0.15, 0.2) is 6.67 Å². The number of para-hydroxylation sites is 4. The quantitative estimate of drug-likeness (QED) is 0.171. The smallest absolute Gasteiger partial charge is 0.150 e. The topological polar surface area (TPSA) is 9.86 Å². The molecule has 49 heavy (non-hydrogen) atoms. The van der Waals surface area contributed by atoms with Gasteiger partial charge in [-0.15, -0.1) is 0 Å². The predicted octanol–water partition coefficient (Wildman–Crippen LogP) is 11.8. The molecule has 0 unspecified atom stereocenters. The van der Waals surface area contributed by atoms with E-state index in [0.29, 0.717) is 0 Å². The fourth-order valence-corrected chi connectivity index (χ4v) is 7.76. The average molecular weight is 631 g/mol. The zero-order valence-corrected chi connectivity index (χ0v) is 27.0. The number of benzene rings is 7. The van der Waals surface area contributed by atoms with E-state index in [9.17, 15) is 4.39 Å². The lowest BCUT2D eigenvalue weighted by Gasteiger charge is -2.27. The van der Waals surface area contributed by atoms with E-state index in [-0.39, 0.29) is 0 Å². The van der Waals surface area contributed by atoms with E-state index in [1.165, 1.54) is 10.8 Å². The van der Waals surface area contributed by atoms with Gasteiger partial charge in [-0.3, -0.25) is 0 Å². The van der Waals surface area contributed by atoms with Crippen LogP contribution in [0.2, 0.25) is 0 Å². The van der Waals surface area contributed by atoms with Crippen LogP contribution in [0.3, 0.4) is 0 Å². The van der Waals surface area contributed by atoms with E-state index in [2.05, 4.69) is 180 Å². The van der Waals surface area contributed by atoms with Crippen molar-refractivity contribution in [2.75, 3.05) is 6.67 Å². The molecular formula is C46H31FN2. The first-order chi connectivity index (χ1) is 24.3. The van der Waals surface area contributed by atoms with Crippen LogP contribution in [0.4, 0.5) is 4.39 Å². The van der Waals surface area contributed by atoms with Gasteiger partial charge in [0.2, 0.25) is 0 Å². The van der Waals surface area contributed by atoms with Crippen LogP contribution in [-0.2, 0) is 0 Å². The van der Waals surface area contributed by atoms with Crippen molar-refractivity contribution in [2.24, 2.45) is 0 Å². The lowest BCUT2D eigenvalue weighted by molar-refractivity contribution is 0.573. The molecule has 0 saturated carbocycles. The highest BCUT2D eigenvalue weighted by molar-refractivity contribution is 6.13. The van der Waals surface area contributed by atoms with Crippen molar-refractivity contribution >= 4 is 43.6 Å². The zero-order valence-electron chi connectivity index (χ0n) is 27.0. The Bertz CT molecular complexity index is 2650. The normalized spacial score (nSPS) is 11.4. The summed E-state index contributed by atoms with van der Waals surface area (Å²) < 4.78 is 19.0. The third-order valence-corrected chi connectivity index (χ3v) is 9.70. The molecule has 0 aliphatic rings. The van der Waals surface area contributed by atoms with Crippen molar-refractivity contribution in [3.63, 3.8) is 0 Å². The molecule has 0 aliphatic carbocycles. The Balaban J connectivity index is 1.59. The maximum atomic E-state index is 14.2. The van der Waals surface area contributed by atoms with E-state index in [0.717, 1.165) is 77.6 Å². The van der Waals surface area contributed by atoms with Crippen LogP contribution in [0.25, 0.3) is 77.2 Å². The van der Waals surface area contributed by atoms with Crippen molar-refractivity contribution in [3.05, 3.63) is 169 Å². The largest absolute Gasteiger partial charge is 0.308 e. The molecule has 9 rings (SSSR count). The van der Waals surface area contributed by atoms with Gasteiger partial charge in [-0.05, 0) is 47.9 Å². The second kappa shape index (κ2) is 11.7. The molecule has 3 heteroatoms. The molecule has 2 heterocycles. The van der Waals surface area contributed by atoms with E-state index < -0.39 is 6.67 Å². The van der Waals surface area contributed by atoms with Gasteiger partial charge in [0, 0.05) is 32.7 Å². The summed E-state index contributed by atoms with van der Waals surface area (Å²) in [5.74, 6) is 6.27. The van der Waals surface area contributed by atoms with Gasteiger partial charge in [-0.2, -0.15) is 0 Å². The second-order valence-corrected chi connectivity index (χ2v) is 12.4. The number of rotatable bonds is 4. The molecule has 0 bridgehead atoms. The maximum Gasteiger partial charge on any atom is 0.150 e. The van der Waals surface area contributed by atoms with Crippen LogP contribution < -0.4 is 0 Å². The molecule has 0 amide bonds. The molecule has 7 aromatic carbocycles. The Labute approximate surface area is 284 Å². The highest BCUT2D eigenvalue weighted by Gasteiger charge is 2.29. The molecule has 0 atom stereocenters. The van der Waals surface area contributed by atoms with Gasteiger partial charge in [0.1, 0.15) is 0 Å². The summed E-state index contributed by atoms with van der Waals surface area (Å²) in [7, 11) is 0. The van der Waals surface area contributed by atoms with Gasteiger partial charge in [-0.1, -0.05) is 145 Å². The standard InChI is InChI=1S/C46H31FN2/c1-31-43(32-17-4-2-5-18-32)46(49-41-28-14-10-23-36(41)37-24-11-15-29-42(37)49)44(33-19-6-3-7-20-33)38(25-16-30-47)45(31)48-39-26-12-8-21-34(39)35-22-9-13-27-40(35)48/h2-15,17-24,26-29H,30H2,1H3. The molecule has 2 aromatic heterocycles. The highest BCUT2D eigenvalue weighted by atomic mass is 19.1. The van der Waals surface area contributed by atoms with Crippen molar-refractivity contribution < 1.29 is 4.39 Å². The van der Waals surface area contributed by atoms with Gasteiger partial charge >= 0.3 is 0 Å². The van der Waals surface area contributed by atoms with Crippen LogP contribution in [0.5, 0.6) is 0 Å². The first kappa shape index (κ1) is 28.8. The number of nitrogens with zero attached hydrogens (tertiary/aromatic N) is 2. The molecule has 0 fully saturated rings. The van der Waals surface area contributed by atoms with Gasteiger partial charge in [0.05, 0.1) is 39.0 Å². The Kier molecular flexibility index (Phi) is 6.88. The minimum atomic E-state index is -0.745. The summed E-state index contributed by atoms with van der Waals surface area (Å²) in [6.45, 7) is 1.46. The van der Waals surface area contributed by atoms with E-state index in [1.54, 1.807) is 0 Å². The van der Waals surface area contributed by atoms with Gasteiger partial charge in [-0.25, -0.2) is 4.39 Å². The second-order valence-electron chi connectivity index (χ2n) is 12.4. The van der Waals surface area contributed by atoms with Crippen LogP contribution in [0.15, 0.2) is 158 Å². The number of hydrogen-bond acceptors (Lipinski definition) is 0. The summed E-state index contributed by atoms with van der Waals surface area (Å²) >= 11 is 0. The Hall–Kier alpha value is -6.37. The first-order valence-electron chi connectivity index (χ1n) is 16.6. The van der Waals surface area contributed by atoms with Crippen LogP contribution in [0, 0.1) is 18.8 Å². The fraction of sp³-hybridized carbons (Fsp3) is 0.0435. The SMILES string of the molecule is Cc1c(-c2ccccc2)c(-n2c3ccccc3c3ccccc32)c(-c2ccccc2)c(C#CCF)c1-n1c2ccccc2c2ccccc21. The molecule has 9 aromatic rings. The third-order valence-electron chi connectivity index (χ3n) is 9.70. The Morgan fingerprint density at radius 1 is 0.449 bits per heavy atom. The minimum Gasteiger partial charge on any atom is -0.308 e. The highest BCUT2D eigenvalue weighted by Crippen LogP contribution is 2.48. The number of aromatic nitrogens is 2. The molecule has 0 radical (unpaired) electrons. The summed E-state index contributed by atoms with van der Waals surface area (Å²) in [6, 6.07) is 55.4. The third kappa shape index (κ3) is 4.42. The van der Waals surface area contributed by atoms with Crippen LogP contribution >= 0.6 is 0 Å².